The Morgan fingerprint density at radius 2 is 2.06 bits per heavy atom. The van der Waals surface area contributed by atoms with Crippen LogP contribution >= 0.6 is 0 Å². The summed E-state index contributed by atoms with van der Waals surface area (Å²) >= 11 is 0. The first-order valence-corrected chi connectivity index (χ1v) is 6.74. The molecule has 4 nitrogen and oxygen atoms in total. The predicted octanol–water partition coefficient (Wildman–Crippen LogP) is 0.958. The van der Waals surface area contributed by atoms with Crippen molar-refractivity contribution >= 4 is 5.91 Å². The van der Waals surface area contributed by atoms with E-state index in [1.807, 2.05) is 6.92 Å². The normalized spacial score (nSPS) is 22.6. The molecular formula is C13H26FN3O. The molecule has 1 unspecified atom stereocenters. The topological polar surface area (TPSA) is 67.1 Å². The first-order chi connectivity index (χ1) is 8.31. The Morgan fingerprint density at radius 1 is 1.50 bits per heavy atom. The molecule has 1 atom stereocenters. The predicted molar refractivity (Wildman–Crippen MR) is 71.0 cm³/mol. The highest BCUT2D eigenvalue weighted by Gasteiger charge is 2.42. The van der Waals surface area contributed by atoms with Crippen LogP contribution in [-0.2, 0) is 4.79 Å². The van der Waals surface area contributed by atoms with Crippen LogP contribution in [0.25, 0.3) is 0 Å². The summed E-state index contributed by atoms with van der Waals surface area (Å²) in [5, 5.41) is 5.88. The second-order valence-electron chi connectivity index (χ2n) is 6.03. The maximum Gasteiger partial charge on any atom is 0.258 e. The number of hydrogen-bond acceptors (Lipinski definition) is 3. The number of rotatable bonds is 5. The Labute approximate surface area is 109 Å². The van der Waals surface area contributed by atoms with Crippen molar-refractivity contribution in [3.8, 4) is 0 Å². The maximum absolute atomic E-state index is 14.5. The number of nitrogens with two attached hydrogens (primary N) is 1. The first kappa shape index (κ1) is 15.4. The number of amides is 1. The lowest BCUT2D eigenvalue weighted by molar-refractivity contribution is -0.136. The molecule has 1 rings (SSSR count). The van der Waals surface area contributed by atoms with Crippen molar-refractivity contribution in [3.63, 3.8) is 0 Å². The quantitative estimate of drug-likeness (QED) is 0.689. The van der Waals surface area contributed by atoms with E-state index in [1.54, 1.807) is 0 Å². The van der Waals surface area contributed by atoms with Crippen LogP contribution in [0.2, 0.25) is 0 Å². The van der Waals surface area contributed by atoms with Crippen LogP contribution in [0, 0.1) is 5.92 Å². The van der Waals surface area contributed by atoms with Gasteiger partial charge in [-0.2, -0.15) is 0 Å². The summed E-state index contributed by atoms with van der Waals surface area (Å²) in [6.45, 7) is 7.44. The van der Waals surface area contributed by atoms with Gasteiger partial charge in [0.05, 0.1) is 0 Å². The maximum atomic E-state index is 14.5. The lowest BCUT2D eigenvalue weighted by Crippen LogP contribution is -2.59. The van der Waals surface area contributed by atoms with E-state index in [4.69, 9.17) is 5.73 Å². The Balaban J connectivity index is 2.66. The summed E-state index contributed by atoms with van der Waals surface area (Å²) in [5.41, 5.74) is 3.47. The molecule has 5 heteroatoms. The Bertz CT molecular complexity index is 290. The van der Waals surface area contributed by atoms with Crippen LogP contribution in [0.4, 0.5) is 4.39 Å². The lowest BCUT2D eigenvalue weighted by atomic mass is 9.87. The number of hydrogen-bond donors (Lipinski definition) is 3. The number of carbonyl (C=O) groups is 1. The van der Waals surface area contributed by atoms with Gasteiger partial charge in [0, 0.05) is 24.9 Å². The average molecular weight is 259 g/mol. The molecule has 1 saturated heterocycles. The van der Waals surface area contributed by atoms with Gasteiger partial charge in [0.2, 0.25) is 0 Å². The number of nitrogens with one attached hydrogen (secondary N) is 2. The fourth-order valence-corrected chi connectivity index (χ4v) is 2.52. The highest BCUT2D eigenvalue weighted by molar-refractivity contribution is 5.85. The first-order valence-electron chi connectivity index (χ1n) is 6.74. The van der Waals surface area contributed by atoms with E-state index < -0.39 is 17.1 Å². The van der Waals surface area contributed by atoms with Crippen molar-refractivity contribution in [2.24, 2.45) is 11.7 Å². The monoisotopic (exact) mass is 259 g/mol. The summed E-state index contributed by atoms with van der Waals surface area (Å²) in [4.78, 5) is 12.1. The standard InChI is InChI=1S/C13H26FN3O/c1-10(2)8-12(3,9-15)17-11(18)13(14)4-6-16-7-5-13/h10,16H,4-9,15H2,1-3H3,(H,17,18). The van der Waals surface area contributed by atoms with Crippen LogP contribution < -0.4 is 16.4 Å². The van der Waals surface area contributed by atoms with Gasteiger partial charge in [-0.25, -0.2) is 4.39 Å². The van der Waals surface area contributed by atoms with Gasteiger partial charge in [-0.3, -0.25) is 4.79 Å². The molecule has 0 saturated carbocycles. The molecular weight excluding hydrogens is 233 g/mol. The molecule has 1 heterocycles. The second kappa shape index (κ2) is 5.97. The zero-order chi connectivity index (χ0) is 13.8. The summed E-state index contributed by atoms with van der Waals surface area (Å²) in [6, 6.07) is 0. The molecule has 1 fully saturated rings. The van der Waals surface area contributed by atoms with E-state index in [0.29, 0.717) is 25.6 Å². The van der Waals surface area contributed by atoms with Gasteiger partial charge in [0.25, 0.3) is 5.91 Å². The number of carbonyl (C=O) groups excluding carboxylic acids is 1. The fraction of sp³-hybridized carbons (Fsp3) is 0.923. The van der Waals surface area contributed by atoms with Crippen LogP contribution in [-0.4, -0.2) is 36.7 Å². The van der Waals surface area contributed by atoms with E-state index in [1.165, 1.54) is 0 Å². The molecule has 1 aliphatic heterocycles. The summed E-state index contributed by atoms with van der Waals surface area (Å²) in [7, 11) is 0. The van der Waals surface area contributed by atoms with E-state index >= 15 is 0 Å². The van der Waals surface area contributed by atoms with Crippen molar-refractivity contribution in [1.82, 2.24) is 10.6 Å². The fourth-order valence-electron chi connectivity index (χ4n) is 2.52. The summed E-state index contributed by atoms with van der Waals surface area (Å²) in [6.07, 6.45) is 1.23. The van der Waals surface area contributed by atoms with E-state index in [2.05, 4.69) is 24.5 Å². The average Bonchev–Trinajstić information content (AvgIpc) is 2.28. The van der Waals surface area contributed by atoms with Crippen LogP contribution in [0.3, 0.4) is 0 Å². The van der Waals surface area contributed by atoms with E-state index in [-0.39, 0.29) is 12.8 Å². The molecule has 0 aromatic carbocycles. The number of piperidine rings is 1. The van der Waals surface area contributed by atoms with Crippen molar-refractivity contribution in [1.29, 1.82) is 0 Å². The molecule has 0 bridgehead atoms. The van der Waals surface area contributed by atoms with Crippen molar-refractivity contribution in [3.05, 3.63) is 0 Å². The zero-order valence-electron chi connectivity index (χ0n) is 11.7. The van der Waals surface area contributed by atoms with Crippen LogP contribution in [0.5, 0.6) is 0 Å². The van der Waals surface area contributed by atoms with Gasteiger partial charge in [-0.05, 0) is 32.4 Å². The minimum absolute atomic E-state index is 0.237. The second-order valence-corrected chi connectivity index (χ2v) is 6.03. The van der Waals surface area contributed by atoms with Crippen LogP contribution in [0.15, 0.2) is 0 Å². The molecule has 0 aromatic heterocycles. The van der Waals surface area contributed by atoms with Gasteiger partial charge in [-0.1, -0.05) is 13.8 Å². The molecule has 18 heavy (non-hydrogen) atoms. The van der Waals surface area contributed by atoms with Gasteiger partial charge < -0.3 is 16.4 Å². The molecule has 0 radical (unpaired) electrons. The summed E-state index contributed by atoms with van der Waals surface area (Å²) < 4.78 is 14.5. The Hall–Kier alpha value is -0.680. The molecule has 4 N–H and O–H groups in total. The molecule has 1 aliphatic rings. The smallest absolute Gasteiger partial charge is 0.258 e. The Morgan fingerprint density at radius 3 is 2.50 bits per heavy atom. The van der Waals surface area contributed by atoms with Crippen LogP contribution in [0.1, 0.15) is 40.0 Å². The van der Waals surface area contributed by atoms with Crippen molar-refractivity contribution < 1.29 is 9.18 Å². The van der Waals surface area contributed by atoms with Crippen molar-refractivity contribution in [2.45, 2.75) is 51.2 Å². The van der Waals surface area contributed by atoms with Crippen molar-refractivity contribution in [2.75, 3.05) is 19.6 Å². The lowest BCUT2D eigenvalue weighted by Gasteiger charge is -2.36. The molecule has 106 valence electrons. The SMILES string of the molecule is CC(C)CC(C)(CN)NC(=O)C1(F)CCNCC1. The van der Waals surface area contributed by atoms with E-state index in [9.17, 15) is 9.18 Å². The highest BCUT2D eigenvalue weighted by atomic mass is 19.1. The van der Waals surface area contributed by atoms with Gasteiger partial charge in [-0.15, -0.1) is 0 Å². The van der Waals surface area contributed by atoms with Gasteiger partial charge >= 0.3 is 0 Å². The third-order valence-electron chi connectivity index (χ3n) is 3.53. The molecule has 1 amide bonds. The Kier molecular flexibility index (Phi) is 5.10. The third-order valence-corrected chi connectivity index (χ3v) is 3.53. The minimum atomic E-state index is -1.74. The van der Waals surface area contributed by atoms with Gasteiger partial charge in [0.1, 0.15) is 0 Å². The number of alkyl halides is 1. The highest BCUT2D eigenvalue weighted by Crippen LogP contribution is 2.25. The minimum Gasteiger partial charge on any atom is -0.347 e. The molecule has 0 aliphatic carbocycles. The van der Waals surface area contributed by atoms with Gasteiger partial charge in [0.15, 0.2) is 5.67 Å². The molecule has 0 aromatic rings. The third kappa shape index (κ3) is 3.92. The largest absolute Gasteiger partial charge is 0.347 e. The zero-order valence-corrected chi connectivity index (χ0v) is 11.7. The molecule has 0 spiro atoms. The van der Waals surface area contributed by atoms with E-state index in [0.717, 1.165) is 6.42 Å². The summed E-state index contributed by atoms with van der Waals surface area (Å²) in [5.74, 6) is -0.0972. The number of halogens is 1.